The van der Waals surface area contributed by atoms with E-state index in [9.17, 15) is 4.79 Å². The molecule has 3 rings (SSSR count). The molecule has 1 aromatic heterocycles. The summed E-state index contributed by atoms with van der Waals surface area (Å²) in [4.78, 5) is 12.3. The second-order valence-corrected chi connectivity index (χ2v) is 8.12. The van der Waals surface area contributed by atoms with Crippen molar-refractivity contribution in [1.29, 1.82) is 0 Å². The predicted octanol–water partition coefficient (Wildman–Crippen LogP) is 3.75. The summed E-state index contributed by atoms with van der Waals surface area (Å²) in [7, 11) is 0. The second kappa shape index (κ2) is 8.74. The van der Waals surface area contributed by atoms with Crippen LogP contribution in [0.25, 0.3) is 0 Å². The Morgan fingerprint density at radius 2 is 2.20 bits per heavy atom. The van der Waals surface area contributed by atoms with Gasteiger partial charge in [0.1, 0.15) is 5.01 Å². The molecule has 2 N–H and O–H groups in total. The molecule has 0 saturated carbocycles. The Bertz CT molecular complexity index is 715. The van der Waals surface area contributed by atoms with E-state index in [2.05, 4.69) is 27.8 Å². The third-order valence-corrected chi connectivity index (χ3v) is 5.73. The van der Waals surface area contributed by atoms with Crippen molar-refractivity contribution in [2.75, 3.05) is 18.4 Å². The van der Waals surface area contributed by atoms with Crippen molar-refractivity contribution in [3.05, 3.63) is 39.9 Å². The summed E-state index contributed by atoms with van der Waals surface area (Å²) >= 11 is 7.42. The van der Waals surface area contributed by atoms with Crippen molar-refractivity contribution in [1.82, 2.24) is 15.5 Å². The second-order valence-electron chi connectivity index (χ2n) is 6.62. The molecule has 1 aliphatic rings. The molecule has 0 bridgehead atoms. The number of aromatic nitrogens is 2. The number of carbonyl (C=O) groups is 1. The lowest BCUT2D eigenvalue weighted by Crippen LogP contribution is -2.32. The maximum Gasteiger partial charge on any atom is 0.226 e. The van der Waals surface area contributed by atoms with Crippen molar-refractivity contribution in [3.63, 3.8) is 0 Å². The van der Waals surface area contributed by atoms with Crippen LogP contribution in [0.4, 0.5) is 5.13 Å². The fraction of sp³-hybridized carbons (Fsp3) is 0.500. The third kappa shape index (κ3) is 5.49. The standard InChI is InChI=1S/C18H23ClN4OS/c1-12(14-5-7-20-8-6-14)9-16(24)21-18-23-22-17(25-18)11-13-3-2-4-15(19)10-13/h2-4,10,12,14,20H,5-9,11H2,1H3,(H,21,23,24). The van der Waals surface area contributed by atoms with Crippen molar-refractivity contribution >= 4 is 34.0 Å². The van der Waals surface area contributed by atoms with E-state index < -0.39 is 0 Å². The molecule has 2 aromatic rings. The van der Waals surface area contributed by atoms with E-state index in [1.54, 1.807) is 0 Å². The zero-order valence-corrected chi connectivity index (χ0v) is 15.9. The Hall–Kier alpha value is -1.50. The molecule has 1 aromatic carbocycles. The van der Waals surface area contributed by atoms with E-state index in [-0.39, 0.29) is 5.91 Å². The lowest BCUT2D eigenvalue weighted by atomic mass is 9.84. The van der Waals surface area contributed by atoms with Gasteiger partial charge in [-0.2, -0.15) is 0 Å². The van der Waals surface area contributed by atoms with Crippen molar-refractivity contribution < 1.29 is 4.79 Å². The molecule has 7 heteroatoms. The van der Waals surface area contributed by atoms with Crippen LogP contribution in [-0.4, -0.2) is 29.2 Å². The number of hydrogen-bond acceptors (Lipinski definition) is 5. The number of halogens is 1. The molecule has 1 unspecified atom stereocenters. The Labute approximate surface area is 157 Å². The van der Waals surface area contributed by atoms with Gasteiger partial charge in [-0.15, -0.1) is 10.2 Å². The van der Waals surface area contributed by atoms with Gasteiger partial charge in [0.15, 0.2) is 0 Å². The largest absolute Gasteiger partial charge is 0.317 e. The molecular weight excluding hydrogens is 356 g/mol. The highest BCUT2D eigenvalue weighted by molar-refractivity contribution is 7.15. The minimum Gasteiger partial charge on any atom is -0.317 e. The summed E-state index contributed by atoms with van der Waals surface area (Å²) in [5, 5.41) is 16.7. The molecule has 5 nitrogen and oxygen atoms in total. The van der Waals surface area contributed by atoms with Crippen molar-refractivity contribution in [3.8, 4) is 0 Å². The van der Waals surface area contributed by atoms with Gasteiger partial charge < -0.3 is 10.6 Å². The zero-order valence-electron chi connectivity index (χ0n) is 14.3. The van der Waals surface area contributed by atoms with Crippen LogP contribution in [0.3, 0.4) is 0 Å². The molecular formula is C18H23ClN4OS. The molecule has 1 aliphatic heterocycles. The number of nitrogens with zero attached hydrogens (tertiary/aromatic N) is 2. The average molecular weight is 379 g/mol. The number of carbonyl (C=O) groups excluding carboxylic acids is 1. The number of hydrogen-bond donors (Lipinski definition) is 2. The highest BCUT2D eigenvalue weighted by Gasteiger charge is 2.22. The molecule has 1 fully saturated rings. The molecule has 1 saturated heterocycles. The van der Waals surface area contributed by atoms with Gasteiger partial charge in [0.2, 0.25) is 11.0 Å². The van der Waals surface area contributed by atoms with Crippen LogP contribution in [-0.2, 0) is 11.2 Å². The molecule has 25 heavy (non-hydrogen) atoms. The Morgan fingerprint density at radius 1 is 1.40 bits per heavy atom. The summed E-state index contributed by atoms with van der Waals surface area (Å²) in [5.41, 5.74) is 1.08. The third-order valence-electron chi connectivity index (χ3n) is 4.65. The highest BCUT2D eigenvalue weighted by atomic mass is 35.5. The number of benzene rings is 1. The fourth-order valence-electron chi connectivity index (χ4n) is 3.24. The topological polar surface area (TPSA) is 66.9 Å². The van der Waals surface area contributed by atoms with Gasteiger partial charge in [-0.1, -0.05) is 42.0 Å². The normalized spacial score (nSPS) is 16.6. The molecule has 1 amide bonds. The maximum atomic E-state index is 12.3. The predicted molar refractivity (Wildman–Crippen MR) is 102 cm³/mol. The van der Waals surface area contributed by atoms with Gasteiger partial charge in [0.05, 0.1) is 0 Å². The monoisotopic (exact) mass is 378 g/mol. The van der Waals surface area contributed by atoms with Crippen LogP contribution in [0.2, 0.25) is 5.02 Å². The van der Waals surface area contributed by atoms with Gasteiger partial charge in [0.25, 0.3) is 0 Å². The smallest absolute Gasteiger partial charge is 0.226 e. The van der Waals surface area contributed by atoms with Crippen LogP contribution in [0, 0.1) is 11.8 Å². The van der Waals surface area contributed by atoms with Crippen LogP contribution >= 0.6 is 22.9 Å². The van der Waals surface area contributed by atoms with E-state index in [1.165, 1.54) is 11.3 Å². The summed E-state index contributed by atoms with van der Waals surface area (Å²) < 4.78 is 0. The summed E-state index contributed by atoms with van der Waals surface area (Å²) in [6, 6.07) is 7.69. The molecule has 0 aliphatic carbocycles. The van der Waals surface area contributed by atoms with Gasteiger partial charge in [0, 0.05) is 17.9 Å². The van der Waals surface area contributed by atoms with Crippen molar-refractivity contribution in [2.45, 2.75) is 32.6 Å². The summed E-state index contributed by atoms with van der Waals surface area (Å²) in [6.45, 7) is 4.28. The van der Waals surface area contributed by atoms with Crippen LogP contribution in [0.5, 0.6) is 0 Å². The van der Waals surface area contributed by atoms with Crippen LogP contribution in [0.1, 0.15) is 36.8 Å². The first-order valence-corrected chi connectivity index (χ1v) is 9.87. The molecule has 2 heterocycles. The molecule has 134 valence electrons. The van der Waals surface area contributed by atoms with Crippen molar-refractivity contribution in [2.24, 2.45) is 11.8 Å². The fourth-order valence-corrected chi connectivity index (χ4v) is 4.24. The molecule has 0 radical (unpaired) electrons. The quantitative estimate of drug-likeness (QED) is 0.803. The number of anilines is 1. The van der Waals surface area contributed by atoms with Crippen LogP contribution in [0.15, 0.2) is 24.3 Å². The number of amides is 1. The first-order chi connectivity index (χ1) is 12.1. The van der Waals surface area contributed by atoms with E-state index in [1.807, 2.05) is 24.3 Å². The van der Waals surface area contributed by atoms with E-state index in [0.29, 0.717) is 34.8 Å². The average Bonchev–Trinajstić information content (AvgIpc) is 3.02. The zero-order chi connectivity index (χ0) is 17.6. The summed E-state index contributed by atoms with van der Waals surface area (Å²) in [5.74, 6) is 1.04. The first kappa shape index (κ1) is 18.3. The minimum absolute atomic E-state index is 0.0245. The molecule has 0 spiro atoms. The maximum absolute atomic E-state index is 12.3. The van der Waals surface area contributed by atoms with E-state index >= 15 is 0 Å². The number of piperidine rings is 1. The lowest BCUT2D eigenvalue weighted by molar-refractivity contribution is -0.117. The van der Waals surface area contributed by atoms with Gasteiger partial charge in [-0.25, -0.2) is 0 Å². The van der Waals surface area contributed by atoms with Gasteiger partial charge in [-0.3, -0.25) is 4.79 Å². The number of nitrogens with one attached hydrogen (secondary N) is 2. The summed E-state index contributed by atoms with van der Waals surface area (Å²) in [6.07, 6.45) is 3.50. The Kier molecular flexibility index (Phi) is 6.39. The van der Waals surface area contributed by atoms with E-state index in [0.717, 1.165) is 36.5 Å². The lowest BCUT2D eigenvalue weighted by Gasteiger charge is -2.27. The Balaban J connectivity index is 1.51. The number of rotatable bonds is 6. The van der Waals surface area contributed by atoms with Gasteiger partial charge in [-0.05, 0) is 55.5 Å². The first-order valence-electron chi connectivity index (χ1n) is 8.67. The molecule has 1 atom stereocenters. The van der Waals surface area contributed by atoms with Gasteiger partial charge >= 0.3 is 0 Å². The minimum atomic E-state index is 0.0245. The SMILES string of the molecule is CC(CC(=O)Nc1nnc(Cc2cccc(Cl)c2)s1)C1CCNCC1. The Morgan fingerprint density at radius 3 is 2.96 bits per heavy atom. The highest BCUT2D eigenvalue weighted by Crippen LogP contribution is 2.25. The van der Waals surface area contributed by atoms with Crippen LogP contribution < -0.4 is 10.6 Å². The van der Waals surface area contributed by atoms with E-state index in [4.69, 9.17) is 11.6 Å².